The summed E-state index contributed by atoms with van der Waals surface area (Å²) in [5, 5.41) is 12.9. The number of amides is 1. The smallest absolute Gasteiger partial charge is 0.407 e. The Hall–Kier alpha value is -2.40. The van der Waals surface area contributed by atoms with Gasteiger partial charge >= 0.3 is 6.09 Å². The molecule has 1 heterocycles. The van der Waals surface area contributed by atoms with Gasteiger partial charge in [0.05, 0.1) is 6.04 Å². The number of piperidine rings is 1. The minimum Gasteiger partial charge on any atom is -0.465 e. The van der Waals surface area contributed by atoms with Gasteiger partial charge in [0, 0.05) is 19.1 Å². The molecule has 24 heavy (non-hydrogen) atoms. The van der Waals surface area contributed by atoms with E-state index < -0.39 is 6.09 Å². The first kappa shape index (κ1) is 16.5. The molecular weight excluding hydrogens is 307 g/mol. The van der Waals surface area contributed by atoms with Gasteiger partial charge in [-0.25, -0.2) is 9.18 Å². The van der Waals surface area contributed by atoms with Crippen LogP contribution < -0.4 is 5.32 Å². The van der Waals surface area contributed by atoms with E-state index in [4.69, 9.17) is 0 Å². The minimum absolute atomic E-state index is 0.136. The lowest BCUT2D eigenvalue weighted by atomic mass is 9.92. The van der Waals surface area contributed by atoms with Crippen LogP contribution in [0.25, 0.3) is 0 Å². The molecule has 3 rings (SSSR count). The fourth-order valence-corrected chi connectivity index (χ4v) is 3.24. The zero-order valence-electron chi connectivity index (χ0n) is 13.4. The second kappa shape index (κ2) is 7.45. The third-order valence-electron chi connectivity index (χ3n) is 4.54. The van der Waals surface area contributed by atoms with Gasteiger partial charge in [-0.2, -0.15) is 0 Å². The molecule has 5 heteroatoms. The number of hydrogen-bond donors (Lipinski definition) is 2. The van der Waals surface area contributed by atoms with Crippen molar-refractivity contribution in [2.75, 3.05) is 6.54 Å². The number of halogens is 1. The van der Waals surface area contributed by atoms with Crippen LogP contribution in [0.1, 0.15) is 30.0 Å². The van der Waals surface area contributed by atoms with Crippen molar-refractivity contribution < 1.29 is 14.3 Å². The molecule has 0 unspecified atom stereocenters. The van der Waals surface area contributed by atoms with Crippen LogP contribution in [0.5, 0.6) is 0 Å². The van der Waals surface area contributed by atoms with Gasteiger partial charge in [0.2, 0.25) is 0 Å². The van der Waals surface area contributed by atoms with Crippen molar-refractivity contribution in [3.05, 3.63) is 71.5 Å². The first-order valence-electron chi connectivity index (χ1n) is 8.16. The molecule has 0 aliphatic carbocycles. The van der Waals surface area contributed by atoms with Gasteiger partial charge in [0.1, 0.15) is 5.82 Å². The molecule has 1 aliphatic heterocycles. The number of hydrogen-bond acceptors (Lipinski definition) is 2. The number of nitrogens with one attached hydrogen (secondary N) is 1. The summed E-state index contributed by atoms with van der Waals surface area (Å²) in [7, 11) is 0. The summed E-state index contributed by atoms with van der Waals surface area (Å²) in [4.78, 5) is 13.0. The molecule has 1 saturated heterocycles. The second-order valence-corrected chi connectivity index (χ2v) is 6.13. The summed E-state index contributed by atoms with van der Waals surface area (Å²) in [6.07, 6.45) is 0.634. The normalized spacial score (nSPS) is 20.8. The van der Waals surface area contributed by atoms with Crippen LogP contribution in [0.15, 0.2) is 54.6 Å². The molecule has 0 aromatic heterocycles. The van der Waals surface area contributed by atoms with Crippen molar-refractivity contribution in [3.8, 4) is 0 Å². The lowest BCUT2D eigenvalue weighted by Crippen LogP contribution is -2.46. The monoisotopic (exact) mass is 328 g/mol. The van der Waals surface area contributed by atoms with Crippen molar-refractivity contribution in [3.63, 3.8) is 0 Å². The maximum atomic E-state index is 13.0. The van der Waals surface area contributed by atoms with E-state index in [1.54, 1.807) is 12.1 Å². The Kier molecular flexibility index (Phi) is 5.11. The average Bonchev–Trinajstić information content (AvgIpc) is 2.61. The highest BCUT2D eigenvalue weighted by molar-refractivity contribution is 5.66. The quantitative estimate of drug-likeness (QED) is 0.897. The van der Waals surface area contributed by atoms with E-state index in [1.807, 2.05) is 30.3 Å². The van der Waals surface area contributed by atoms with E-state index in [-0.39, 0.29) is 17.9 Å². The average molecular weight is 328 g/mol. The van der Waals surface area contributed by atoms with Gasteiger partial charge in [0.15, 0.2) is 0 Å². The van der Waals surface area contributed by atoms with Crippen molar-refractivity contribution >= 4 is 6.09 Å². The molecule has 0 spiro atoms. The number of benzene rings is 2. The predicted molar refractivity (Wildman–Crippen MR) is 90.2 cm³/mol. The van der Waals surface area contributed by atoms with Gasteiger partial charge < -0.3 is 15.3 Å². The number of carbonyl (C=O) groups is 1. The van der Waals surface area contributed by atoms with Gasteiger partial charge in [0.25, 0.3) is 0 Å². The molecule has 1 fully saturated rings. The SMILES string of the molecule is O=C(O)N1CC[C@H](NCc2ccc(F)cc2)C[C@@H]1c1ccccc1. The molecule has 4 nitrogen and oxygen atoms in total. The molecule has 0 radical (unpaired) electrons. The Labute approximate surface area is 140 Å². The first-order chi connectivity index (χ1) is 11.6. The topological polar surface area (TPSA) is 52.6 Å². The standard InChI is InChI=1S/C19H21FN2O2/c20-16-8-6-14(7-9-16)13-21-17-10-11-22(19(23)24)18(12-17)15-4-2-1-3-5-15/h1-9,17-18,21H,10-13H2,(H,23,24)/t17-,18+/m0/s1. The molecule has 126 valence electrons. The van der Waals surface area contributed by atoms with Crippen LogP contribution in [0.4, 0.5) is 9.18 Å². The van der Waals surface area contributed by atoms with Crippen LogP contribution in [0.3, 0.4) is 0 Å². The number of nitrogens with zero attached hydrogens (tertiary/aromatic N) is 1. The first-order valence-corrected chi connectivity index (χ1v) is 8.16. The van der Waals surface area contributed by atoms with Gasteiger partial charge in [-0.15, -0.1) is 0 Å². The minimum atomic E-state index is -0.874. The van der Waals surface area contributed by atoms with Crippen LogP contribution in [0, 0.1) is 5.82 Å². The van der Waals surface area contributed by atoms with E-state index in [0.717, 1.165) is 24.0 Å². The van der Waals surface area contributed by atoms with Crippen LogP contribution in [-0.2, 0) is 6.54 Å². The van der Waals surface area contributed by atoms with Gasteiger partial charge in [-0.1, -0.05) is 42.5 Å². The summed E-state index contributed by atoms with van der Waals surface area (Å²) < 4.78 is 13.0. The Morgan fingerprint density at radius 1 is 1.17 bits per heavy atom. The molecule has 2 aromatic rings. The summed E-state index contributed by atoms with van der Waals surface area (Å²) in [5.41, 5.74) is 2.04. The maximum Gasteiger partial charge on any atom is 0.407 e. The largest absolute Gasteiger partial charge is 0.465 e. The highest BCUT2D eigenvalue weighted by Crippen LogP contribution is 2.31. The highest BCUT2D eigenvalue weighted by atomic mass is 19.1. The summed E-state index contributed by atoms with van der Waals surface area (Å²) in [5.74, 6) is -0.238. The molecule has 2 N–H and O–H groups in total. The van der Waals surface area contributed by atoms with E-state index in [1.165, 1.54) is 17.0 Å². The number of likely N-dealkylation sites (tertiary alicyclic amines) is 1. The highest BCUT2D eigenvalue weighted by Gasteiger charge is 2.32. The van der Waals surface area contributed by atoms with Crippen molar-refractivity contribution in [1.29, 1.82) is 0 Å². The Morgan fingerprint density at radius 3 is 2.54 bits per heavy atom. The van der Waals surface area contributed by atoms with Crippen molar-refractivity contribution in [2.45, 2.75) is 31.5 Å². The molecule has 1 aliphatic rings. The molecule has 0 bridgehead atoms. The van der Waals surface area contributed by atoms with E-state index in [9.17, 15) is 14.3 Å². The molecule has 1 amide bonds. The molecule has 0 saturated carbocycles. The Balaban J connectivity index is 1.66. The summed E-state index contributed by atoms with van der Waals surface area (Å²) >= 11 is 0. The predicted octanol–water partition coefficient (Wildman–Crippen LogP) is 3.80. The van der Waals surface area contributed by atoms with E-state index in [2.05, 4.69) is 5.32 Å². The molecule has 2 atom stereocenters. The zero-order valence-corrected chi connectivity index (χ0v) is 13.4. The van der Waals surface area contributed by atoms with Crippen LogP contribution in [0.2, 0.25) is 0 Å². The molecule has 2 aromatic carbocycles. The van der Waals surface area contributed by atoms with Crippen LogP contribution in [-0.4, -0.2) is 28.7 Å². The second-order valence-electron chi connectivity index (χ2n) is 6.13. The summed E-state index contributed by atoms with van der Waals surface area (Å²) in [6.45, 7) is 1.16. The third-order valence-corrected chi connectivity index (χ3v) is 4.54. The molecular formula is C19H21FN2O2. The Morgan fingerprint density at radius 2 is 1.88 bits per heavy atom. The number of rotatable bonds is 4. The fourth-order valence-electron chi connectivity index (χ4n) is 3.24. The van der Waals surface area contributed by atoms with E-state index >= 15 is 0 Å². The third kappa shape index (κ3) is 3.92. The number of carboxylic acid groups (broad SMARTS) is 1. The van der Waals surface area contributed by atoms with Gasteiger partial charge in [-0.3, -0.25) is 0 Å². The van der Waals surface area contributed by atoms with Gasteiger partial charge in [-0.05, 0) is 36.1 Å². The zero-order chi connectivity index (χ0) is 16.9. The van der Waals surface area contributed by atoms with Crippen molar-refractivity contribution in [1.82, 2.24) is 10.2 Å². The fraction of sp³-hybridized carbons (Fsp3) is 0.316. The van der Waals surface area contributed by atoms with E-state index in [0.29, 0.717) is 13.1 Å². The lowest BCUT2D eigenvalue weighted by molar-refractivity contribution is 0.0961. The Bertz CT molecular complexity index is 676. The summed E-state index contributed by atoms with van der Waals surface area (Å²) in [6, 6.07) is 16.3. The van der Waals surface area contributed by atoms with Crippen LogP contribution >= 0.6 is 0 Å². The maximum absolute atomic E-state index is 13.0. The van der Waals surface area contributed by atoms with Crippen molar-refractivity contribution in [2.24, 2.45) is 0 Å². The lowest BCUT2D eigenvalue weighted by Gasteiger charge is -2.38.